The third-order valence-electron chi connectivity index (χ3n) is 10.3. The van der Waals surface area contributed by atoms with Gasteiger partial charge in [-0.3, -0.25) is 14.4 Å². The maximum atomic E-state index is 14.1. The summed E-state index contributed by atoms with van der Waals surface area (Å²) in [5, 5.41) is 3.24. The normalized spacial score (nSPS) is 12.8. The van der Waals surface area contributed by atoms with Crippen molar-refractivity contribution in [1.29, 1.82) is 0 Å². The van der Waals surface area contributed by atoms with Crippen LogP contribution in [0.2, 0.25) is 0 Å². The Labute approximate surface area is 351 Å². The maximum Gasteiger partial charge on any atom is 0.120 e. The van der Waals surface area contributed by atoms with Gasteiger partial charge in [0.2, 0.25) is 0 Å². The molecule has 289 valence electrons. The van der Waals surface area contributed by atoms with Gasteiger partial charge in [-0.25, -0.2) is 0 Å². The van der Waals surface area contributed by atoms with E-state index in [4.69, 9.17) is 18.5 Å². The van der Waals surface area contributed by atoms with E-state index in [2.05, 4.69) is 125 Å². The number of furan rings is 1. The standard InChI is InChI=1S/C34H28N3O.C16H17FN.Ir/c1-20(2)22-13-9-14-23(21(3)4)31(22)37-32-26-12-5-7-17-28(26)35-19-29(32)36-34(37)27-16-10-15-25-24-11-6-8-18-30(24)38-33(25)27;1-11-5-7-13(14(17)9-11)15-8-6-12(10-18-15)16(2,3)4;/h5-15,17-21H,1-4H3;5-6,8-10H,1-4H3;/q2*-1;/i;1D3;. The van der Waals surface area contributed by atoms with E-state index in [0.29, 0.717) is 17.5 Å². The molecule has 0 atom stereocenters. The molecule has 4 aromatic heterocycles. The number of benzene rings is 5. The van der Waals surface area contributed by atoms with E-state index < -0.39 is 12.7 Å². The quantitative estimate of drug-likeness (QED) is 0.161. The van der Waals surface area contributed by atoms with Gasteiger partial charge in [0.1, 0.15) is 5.58 Å². The summed E-state index contributed by atoms with van der Waals surface area (Å²) in [5.41, 5.74) is 10.7. The number of hydrogen-bond acceptors (Lipinski definition) is 4. The van der Waals surface area contributed by atoms with E-state index in [1.807, 2.05) is 36.5 Å². The van der Waals surface area contributed by atoms with Gasteiger partial charge in [-0.05, 0) is 51.8 Å². The Kier molecular flexibility index (Phi) is 9.95. The summed E-state index contributed by atoms with van der Waals surface area (Å²) < 4.78 is 44.7. The van der Waals surface area contributed by atoms with Crippen molar-refractivity contribution < 1.29 is 33.0 Å². The van der Waals surface area contributed by atoms with Crippen molar-refractivity contribution in [1.82, 2.24) is 19.5 Å². The molecule has 4 heterocycles. The van der Waals surface area contributed by atoms with Crippen LogP contribution in [0.5, 0.6) is 0 Å². The molecule has 7 heteroatoms. The minimum atomic E-state index is -2.33. The molecule has 1 radical (unpaired) electrons. The van der Waals surface area contributed by atoms with Crippen molar-refractivity contribution in [2.24, 2.45) is 0 Å². The molecule has 0 aliphatic heterocycles. The van der Waals surface area contributed by atoms with Crippen LogP contribution in [0.1, 0.15) is 86.7 Å². The first-order chi connectivity index (χ1) is 28.1. The molecule has 0 aliphatic rings. The largest absolute Gasteiger partial charge is 0.501 e. The Morgan fingerprint density at radius 2 is 1.47 bits per heavy atom. The molecule has 0 fully saturated rings. The van der Waals surface area contributed by atoms with Gasteiger partial charge in [-0.2, -0.15) is 0 Å². The van der Waals surface area contributed by atoms with Gasteiger partial charge in [0, 0.05) is 52.7 Å². The summed E-state index contributed by atoms with van der Waals surface area (Å²) in [6.45, 7) is 12.9. The molecule has 0 spiro atoms. The topological polar surface area (TPSA) is 56.7 Å². The van der Waals surface area contributed by atoms with Crippen LogP contribution < -0.4 is 0 Å². The van der Waals surface area contributed by atoms with Gasteiger partial charge in [-0.1, -0.05) is 139 Å². The number of fused-ring (bicyclic) bond motifs is 6. The molecule has 0 saturated heterocycles. The van der Waals surface area contributed by atoms with Gasteiger partial charge in [-0.15, -0.1) is 42.0 Å². The Balaban J connectivity index is 0.000000212. The van der Waals surface area contributed by atoms with Crippen molar-refractivity contribution in [2.75, 3.05) is 0 Å². The molecule has 9 rings (SSSR count). The van der Waals surface area contributed by atoms with Gasteiger partial charge in [0.15, 0.2) is 0 Å². The summed E-state index contributed by atoms with van der Waals surface area (Å²) in [4.78, 5) is 14.2. The van der Waals surface area contributed by atoms with Crippen LogP contribution in [-0.2, 0) is 25.5 Å². The summed E-state index contributed by atoms with van der Waals surface area (Å²) in [7, 11) is 0. The first-order valence-electron chi connectivity index (χ1n) is 20.5. The van der Waals surface area contributed by atoms with Crippen LogP contribution in [0.15, 0.2) is 120 Å². The molecule has 0 bridgehead atoms. The van der Waals surface area contributed by atoms with Gasteiger partial charge >= 0.3 is 0 Å². The maximum absolute atomic E-state index is 14.1. The number of para-hydroxylation sites is 3. The van der Waals surface area contributed by atoms with E-state index in [1.54, 1.807) is 12.3 Å². The van der Waals surface area contributed by atoms with Crippen molar-refractivity contribution in [2.45, 2.75) is 72.6 Å². The number of pyridine rings is 2. The molecular weight excluding hydrogens is 884 g/mol. The first kappa shape index (κ1) is 35.9. The number of hydrogen-bond donors (Lipinski definition) is 0. The van der Waals surface area contributed by atoms with Crippen LogP contribution in [0, 0.1) is 24.8 Å². The Morgan fingerprint density at radius 1 is 0.754 bits per heavy atom. The SMILES string of the molecule is CC(C)c1cccc(C(C)C)c1-n1c(-c2[c-]ccc3c2oc2ccccc23)nc2cnc3ccccc3c21.[2H]C([2H])([2H])c1c[c-]c(-c2ccc(C(C)(C)C)cn2)c(F)c1.[Ir]. The minimum absolute atomic E-state index is 0. The van der Waals surface area contributed by atoms with E-state index >= 15 is 0 Å². The second kappa shape index (κ2) is 15.8. The average Bonchev–Trinajstić information content (AvgIpc) is 3.79. The zero-order valence-corrected chi connectivity index (χ0v) is 35.4. The minimum Gasteiger partial charge on any atom is -0.501 e. The fraction of sp³-hybridized carbons (Fsp3) is 0.220. The molecule has 0 amide bonds. The molecule has 0 saturated carbocycles. The first-order valence-corrected chi connectivity index (χ1v) is 19.0. The summed E-state index contributed by atoms with van der Waals surface area (Å²) in [5.74, 6) is 0.846. The van der Waals surface area contributed by atoms with E-state index in [1.165, 1.54) is 22.9 Å². The number of aromatic nitrogens is 4. The van der Waals surface area contributed by atoms with Crippen molar-refractivity contribution in [3.05, 3.63) is 156 Å². The molecule has 0 aliphatic carbocycles. The van der Waals surface area contributed by atoms with Crippen molar-refractivity contribution in [3.63, 3.8) is 0 Å². The zero-order chi connectivity index (χ0) is 41.8. The molecule has 57 heavy (non-hydrogen) atoms. The molecule has 0 unspecified atom stereocenters. The van der Waals surface area contributed by atoms with Crippen molar-refractivity contribution >= 4 is 43.9 Å². The number of rotatable bonds is 5. The van der Waals surface area contributed by atoms with Gasteiger partial charge < -0.3 is 14.0 Å². The summed E-state index contributed by atoms with van der Waals surface area (Å²) >= 11 is 0. The number of imidazole rings is 1. The fourth-order valence-electron chi connectivity index (χ4n) is 7.37. The fourth-order valence-corrected chi connectivity index (χ4v) is 7.37. The average molecular weight is 932 g/mol. The Bertz CT molecular complexity index is 2970. The number of nitrogens with zero attached hydrogens (tertiary/aromatic N) is 4. The molecule has 9 aromatic rings. The monoisotopic (exact) mass is 932 g/mol. The third-order valence-corrected chi connectivity index (χ3v) is 10.3. The van der Waals surface area contributed by atoms with E-state index in [-0.39, 0.29) is 36.6 Å². The van der Waals surface area contributed by atoms with Crippen LogP contribution in [0.3, 0.4) is 0 Å². The predicted molar refractivity (Wildman–Crippen MR) is 228 cm³/mol. The number of aryl methyl sites for hydroxylation is 1. The van der Waals surface area contributed by atoms with Crippen LogP contribution in [0.25, 0.3) is 72.2 Å². The molecule has 5 aromatic carbocycles. The smallest absolute Gasteiger partial charge is 0.120 e. The van der Waals surface area contributed by atoms with Gasteiger partial charge in [0.05, 0.1) is 34.2 Å². The molecule has 0 N–H and O–H groups in total. The Hall–Kier alpha value is -5.49. The van der Waals surface area contributed by atoms with Crippen molar-refractivity contribution in [3.8, 4) is 28.3 Å². The van der Waals surface area contributed by atoms with Gasteiger partial charge in [0.25, 0.3) is 0 Å². The van der Waals surface area contributed by atoms with Crippen LogP contribution >= 0.6 is 0 Å². The van der Waals surface area contributed by atoms with Crippen LogP contribution in [-0.4, -0.2) is 19.5 Å². The Morgan fingerprint density at radius 3 is 2.14 bits per heavy atom. The summed E-state index contributed by atoms with van der Waals surface area (Å²) in [6.07, 6.45) is 3.60. The second-order valence-corrected chi connectivity index (χ2v) is 15.9. The van der Waals surface area contributed by atoms with E-state index in [9.17, 15) is 4.39 Å². The zero-order valence-electron chi connectivity index (χ0n) is 36.0. The molecular formula is C50H45FIrN4O-2. The molecule has 5 nitrogen and oxygen atoms in total. The van der Waals surface area contributed by atoms with E-state index in [0.717, 1.165) is 66.9 Å². The predicted octanol–water partition coefficient (Wildman–Crippen LogP) is 13.5. The number of halogens is 1. The second-order valence-electron chi connectivity index (χ2n) is 15.9. The third kappa shape index (κ3) is 7.43. The van der Waals surface area contributed by atoms with Crippen LogP contribution in [0.4, 0.5) is 4.39 Å². The summed E-state index contributed by atoms with van der Waals surface area (Å²) in [6, 6.07) is 39.4.